The fourth-order valence-electron chi connectivity index (χ4n) is 2.20. The van der Waals surface area contributed by atoms with E-state index < -0.39 is 4.92 Å². The molecule has 1 aromatic heterocycles. The summed E-state index contributed by atoms with van der Waals surface area (Å²) < 4.78 is 38.1. The van der Waals surface area contributed by atoms with Crippen molar-refractivity contribution < 1.29 is 43.2 Å². The first-order valence-corrected chi connectivity index (χ1v) is 10.0. The second kappa shape index (κ2) is 18.9. The van der Waals surface area contributed by atoms with Crippen LogP contribution in [0.1, 0.15) is 0 Å². The molecule has 0 saturated heterocycles. The Kier molecular flexibility index (Phi) is 16.5. The third-order valence-electron chi connectivity index (χ3n) is 3.66. The van der Waals surface area contributed by atoms with Crippen LogP contribution in [0.15, 0.2) is 6.20 Å². The molecular formula is C18H33N3O10. The van der Waals surface area contributed by atoms with Crippen molar-refractivity contribution in [2.45, 2.75) is 6.54 Å². The molecule has 1 aromatic rings. The van der Waals surface area contributed by atoms with Crippen LogP contribution in [0.25, 0.3) is 0 Å². The lowest BCUT2D eigenvalue weighted by Gasteiger charge is -2.08. The lowest BCUT2D eigenvalue weighted by molar-refractivity contribution is -0.385. The van der Waals surface area contributed by atoms with E-state index in [1.165, 1.54) is 18.0 Å². The Labute approximate surface area is 181 Å². The summed E-state index contributed by atoms with van der Waals surface area (Å²) in [6, 6.07) is 0. The number of methoxy groups -OCH3 is 1. The van der Waals surface area contributed by atoms with Crippen LogP contribution in [-0.2, 0) is 35.0 Å². The summed E-state index contributed by atoms with van der Waals surface area (Å²) in [6.45, 7) is 5.62. The summed E-state index contributed by atoms with van der Waals surface area (Å²) in [7, 11) is 1.33. The van der Waals surface area contributed by atoms with Gasteiger partial charge >= 0.3 is 11.6 Å². The number of aliphatic hydroxyl groups is 1. The fourth-order valence-corrected chi connectivity index (χ4v) is 2.20. The van der Waals surface area contributed by atoms with E-state index in [0.717, 1.165) is 0 Å². The minimum atomic E-state index is -0.542. The van der Waals surface area contributed by atoms with Crippen LogP contribution in [0.3, 0.4) is 0 Å². The Morgan fingerprint density at radius 2 is 1.26 bits per heavy atom. The lowest BCUT2D eigenvalue weighted by atomic mass is 10.5. The van der Waals surface area contributed by atoms with Gasteiger partial charge in [-0.05, 0) is 0 Å². The molecule has 1 heterocycles. The number of nitrogens with zero attached hydrogens (tertiary/aromatic N) is 3. The van der Waals surface area contributed by atoms with Crippen LogP contribution in [0.4, 0.5) is 5.69 Å². The molecule has 0 saturated carbocycles. The van der Waals surface area contributed by atoms with Gasteiger partial charge in [0.15, 0.2) is 0 Å². The van der Waals surface area contributed by atoms with Crippen LogP contribution in [0.2, 0.25) is 0 Å². The van der Waals surface area contributed by atoms with E-state index in [0.29, 0.717) is 85.8 Å². The van der Waals surface area contributed by atoms with Gasteiger partial charge in [0.05, 0.1) is 104 Å². The number of ether oxygens (including phenoxy) is 7. The lowest BCUT2D eigenvalue weighted by Crippen LogP contribution is -2.14. The van der Waals surface area contributed by atoms with Crippen LogP contribution in [-0.4, -0.2) is 113 Å². The third-order valence-corrected chi connectivity index (χ3v) is 3.66. The second-order valence-electron chi connectivity index (χ2n) is 5.94. The van der Waals surface area contributed by atoms with E-state index in [9.17, 15) is 10.1 Å². The Hall–Kier alpha value is -1.87. The first-order valence-electron chi connectivity index (χ1n) is 10.0. The van der Waals surface area contributed by atoms with Crippen molar-refractivity contribution >= 4 is 5.69 Å². The highest BCUT2D eigenvalue weighted by Crippen LogP contribution is 2.23. The molecule has 0 aromatic carbocycles. The highest BCUT2D eigenvalue weighted by molar-refractivity contribution is 5.38. The summed E-state index contributed by atoms with van der Waals surface area (Å²) in [5.41, 5.74) is -0.176. The highest BCUT2D eigenvalue weighted by Gasteiger charge is 2.19. The zero-order valence-electron chi connectivity index (χ0n) is 17.9. The minimum Gasteiger partial charge on any atom is -0.475 e. The maximum atomic E-state index is 10.8. The van der Waals surface area contributed by atoms with Gasteiger partial charge in [-0.15, -0.1) is 5.10 Å². The van der Waals surface area contributed by atoms with Gasteiger partial charge in [0.25, 0.3) is 0 Å². The summed E-state index contributed by atoms with van der Waals surface area (Å²) in [5, 5.41) is 23.3. The highest BCUT2D eigenvalue weighted by atomic mass is 16.6. The van der Waals surface area contributed by atoms with E-state index in [-0.39, 0.29) is 18.2 Å². The maximum absolute atomic E-state index is 10.8. The van der Waals surface area contributed by atoms with E-state index >= 15 is 0 Å². The summed E-state index contributed by atoms with van der Waals surface area (Å²) in [6.07, 6.45) is 1.31. The van der Waals surface area contributed by atoms with Gasteiger partial charge < -0.3 is 38.3 Å². The van der Waals surface area contributed by atoms with Crippen molar-refractivity contribution in [1.82, 2.24) is 9.78 Å². The molecular weight excluding hydrogens is 418 g/mol. The molecule has 13 heteroatoms. The fraction of sp³-hybridized carbons (Fsp3) is 0.833. The van der Waals surface area contributed by atoms with Crippen LogP contribution in [0, 0.1) is 10.1 Å². The molecule has 0 bridgehead atoms. The molecule has 0 aliphatic carbocycles. The Balaban J connectivity index is 1.81. The summed E-state index contributed by atoms with van der Waals surface area (Å²) in [4.78, 5) is 10.3. The van der Waals surface area contributed by atoms with Crippen LogP contribution < -0.4 is 4.74 Å². The predicted molar refractivity (Wildman–Crippen MR) is 107 cm³/mol. The summed E-state index contributed by atoms with van der Waals surface area (Å²) >= 11 is 0. The van der Waals surface area contributed by atoms with Gasteiger partial charge in [-0.25, -0.2) is 0 Å². The van der Waals surface area contributed by atoms with E-state index in [1.807, 2.05) is 0 Å². The van der Waals surface area contributed by atoms with Gasteiger partial charge in [-0.1, -0.05) is 0 Å². The normalized spacial score (nSPS) is 11.2. The van der Waals surface area contributed by atoms with Gasteiger partial charge in [-0.3, -0.25) is 14.8 Å². The van der Waals surface area contributed by atoms with Gasteiger partial charge in [0.1, 0.15) is 6.20 Å². The molecule has 0 atom stereocenters. The molecule has 180 valence electrons. The van der Waals surface area contributed by atoms with Gasteiger partial charge in [0.2, 0.25) is 0 Å². The van der Waals surface area contributed by atoms with E-state index in [4.69, 9.17) is 38.3 Å². The van der Waals surface area contributed by atoms with Crippen LogP contribution >= 0.6 is 0 Å². The molecule has 0 amide bonds. The van der Waals surface area contributed by atoms with Crippen molar-refractivity contribution in [2.24, 2.45) is 0 Å². The maximum Gasteiger partial charge on any atom is 0.350 e. The monoisotopic (exact) mass is 451 g/mol. The number of nitro groups is 1. The van der Waals surface area contributed by atoms with E-state index in [2.05, 4.69) is 5.10 Å². The average molecular weight is 451 g/mol. The summed E-state index contributed by atoms with van der Waals surface area (Å²) in [5.74, 6) is -0.0209. The molecule has 1 N–H and O–H groups in total. The Morgan fingerprint density at radius 3 is 1.61 bits per heavy atom. The topological polar surface area (TPSA) is 146 Å². The first-order chi connectivity index (χ1) is 15.2. The van der Waals surface area contributed by atoms with E-state index in [1.54, 1.807) is 0 Å². The zero-order valence-corrected chi connectivity index (χ0v) is 17.9. The average Bonchev–Trinajstić information content (AvgIpc) is 3.19. The van der Waals surface area contributed by atoms with Gasteiger partial charge in [0, 0.05) is 0 Å². The SMILES string of the molecule is COc1nn(CCOCCOCCOCCOCCOCCOCCO)cc1[N+](=O)[O-]. The molecule has 0 unspecified atom stereocenters. The van der Waals surface area contributed by atoms with Crippen molar-refractivity contribution in [3.05, 3.63) is 16.3 Å². The van der Waals surface area contributed by atoms with Gasteiger partial charge in [-0.2, -0.15) is 0 Å². The van der Waals surface area contributed by atoms with Crippen molar-refractivity contribution in [3.8, 4) is 5.88 Å². The largest absolute Gasteiger partial charge is 0.475 e. The number of hydrogen-bond donors (Lipinski definition) is 1. The minimum absolute atomic E-state index is 0.0149. The van der Waals surface area contributed by atoms with Crippen molar-refractivity contribution in [1.29, 1.82) is 0 Å². The Morgan fingerprint density at radius 1 is 0.839 bits per heavy atom. The molecule has 0 aliphatic rings. The second-order valence-corrected chi connectivity index (χ2v) is 5.94. The molecule has 0 spiro atoms. The number of hydrogen-bond acceptors (Lipinski definition) is 11. The third kappa shape index (κ3) is 13.9. The quantitative estimate of drug-likeness (QED) is 0.143. The first kappa shape index (κ1) is 27.2. The molecule has 1 rings (SSSR count). The molecule has 0 fully saturated rings. The molecule has 31 heavy (non-hydrogen) atoms. The van der Waals surface area contributed by atoms with Crippen molar-refractivity contribution in [2.75, 3.05) is 93.0 Å². The molecule has 0 aliphatic heterocycles. The zero-order chi connectivity index (χ0) is 22.6. The molecule has 0 radical (unpaired) electrons. The number of aliphatic hydroxyl groups excluding tert-OH is 1. The smallest absolute Gasteiger partial charge is 0.350 e. The number of rotatable bonds is 22. The van der Waals surface area contributed by atoms with Crippen LogP contribution in [0.5, 0.6) is 5.88 Å². The predicted octanol–water partition coefficient (Wildman–Crippen LogP) is -0.108. The van der Waals surface area contributed by atoms with Crippen molar-refractivity contribution in [3.63, 3.8) is 0 Å². The Bertz CT molecular complexity index is 573. The standard InChI is InChI=1S/C18H33N3O10/c1-25-18-17(21(23)24)16-20(19-18)2-4-26-6-8-28-10-12-30-14-15-31-13-11-29-9-7-27-5-3-22/h16,22H,2-15H2,1H3. The number of aromatic nitrogens is 2. The molecule has 13 nitrogen and oxygen atoms in total.